The van der Waals surface area contributed by atoms with E-state index in [-0.39, 0.29) is 25.4 Å². The molecule has 0 aromatic carbocycles. The Labute approximate surface area is 146 Å². The van der Waals surface area contributed by atoms with Gasteiger partial charge in [0.2, 0.25) is 11.5 Å². The van der Waals surface area contributed by atoms with Crippen LogP contribution in [0.3, 0.4) is 0 Å². The number of carbonyl (C=O) groups excluding carboxylic acids is 1. The summed E-state index contributed by atoms with van der Waals surface area (Å²) in [7, 11) is 0. The smallest absolute Gasteiger partial charge is 0.424 e. The number of aromatic nitrogens is 1. The Morgan fingerprint density at radius 1 is 1.36 bits per heavy atom. The maximum absolute atomic E-state index is 13.4. The molecule has 1 amide bonds. The van der Waals surface area contributed by atoms with Crippen molar-refractivity contribution in [2.45, 2.75) is 44.4 Å². The fraction of sp³-hybridized carbons (Fsp3) is 0.667. The van der Waals surface area contributed by atoms with E-state index in [1.165, 1.54) is 17.2 Å². The highest BCUT2D eigenvalue weighted by Crippen LogP contribution is 2.43. The molecule has 0 aliphatic carbocycles. The molecule has 140 valence electrons. The van der Waals surface area contributed by atoms with Gasteiger partial charge in [-0.05, 0) is 25.7 Å². The van der Waals surface area contributed by atoms with Crippen molar-refractivity contribution in [3.63, 3.8) is 0 Å². The summed E-state index contributed by atoms with van der Waals surface area (Å²) < 4.78 is 40.2. The van der Waals surface area contributed by atoms with E-state index in [2.05, 4.69) is 4.98 Å². The lowest BCUT2D eigenvalue weighted by Gasteiger charge is -2.34. The van der Waals surface area contributed by atoms with Gasteiger partial charge in [0.15, 0.2) is 0 Å². The molecule has 2 heterocycles. The van der Waals surface area contributed by atoms with E-state index in [1.807, 2.05) is 0 Å². The van der Waals surface area contributed by atoms with Gasteiger partial charge in [0, 0.05) is 30.6 Å². The second-order valence-electron chi connectivity index (χ2n) is 6.25. The van der Waals surface area contributed by atoms with Crippen LogP contribution in [0.15, 0.2) is 5.38 Å². The second kappa shape index (κ2) is 7.28. The topological polar surface area (TPSA) is 90.7 Å². The van der Waals surface area contributed by atoms with Crippen molar-refractivity contribution in [2.75, 3.05) is 13.1 Å². The van der Waals surface area contributed by atoms with Crippen molar-refractivity contribution in [1.82, 2.24) is 9.88 Å². The first kappa shape index (κ1) is 19.6. The molecular weight excluding hydrogens is 361 g/mol. The predicted octanol–water partition coefficient (Wildman–Crippen LogP) is 2.30. The number of carbonyl (C=O) groups is 2. The number of hydrogen-bond acceptors (Lipinski definition) is 5. The summed E-state index contributed by atoms with van der Waals surface area (Å²) in [6.07, 6.45) is -5.35. The number of carboxylic acid groups (broad SMARTS) is 1. The Bertz CT molecular complexity index is 641. The highest BCUT2D eigenvalue weighted by atomic mass is 32.1. The van der Waals surface area contributed by atoms with E-state index in [0.717, 1.165) is 0 Å². The lowest BCUT2D eigenvalue weighted by Crippen LogP contribution is -2.48. The fourth-order valence-corrected chi connectivity index (χ4v) is 3.72. The van der Waals surface area contributed by atoms with E-state index >= 15 is 0 Å². The molecular formula is C15H19F3N2O4S. The van der Waals surface area contributed by atoms with Crippen molar-refractivity contribution in [3.8, 4) is 0 Å². The lowest BCUT2D eigenvalue weighted by molar-refractivity contribution is -0.268. The van der Waals surface area contributed by atoms with Crippen LogP contribution < -0.4 is 0 Å². The number of rotatable bonds is 5. The predicted molar refractivity (Wildman–Crippen MR) is 83.0 cm³/mol. The molecule has 0 bridgehead atoms. The molecule has 1 saturated heterocycles. The zero-order valence-electron chi connectivity index (χ0n) is 13.5. The molecule has 2 rings (SSSR count). The number of carboxylic acids is 1. The number of likely N-dealkylation sites (tertiary alicyclic amines) is 1. The van der Waals surface area contributed by atoms with Crippen molar-refractivity contribution in [1.29, 1.82) is 0 Å². The highest BCUT2D eigenvalue weighted by molar-refractivity contribution is 7.09. The zero-order valence-corrected chi connectivity index (χ0v) is 14.4. The van der Waals surface area contributed by atoms with Crippen molar-refractivity contribution >= 4 is 23.2 Å². The molecule has 1 aromatic rings. The van der Waals surface area contributed by atoms with Gasteiger partial charge < -0.3 is 15.1 Å². The fourth-order valence-electron chi connectivity index (χ4n) is 2.81. The normalized spacial score (nSPS) is 18.8. The SMILES string of the molecule is Cc1csc(C(O)(CC(=O)N2CCC(CC(=O)O)CC2)C(F)(F)F)n1. The van der Waals surface area contributed by atoms with E-state index < -0.39 is 35.1 Å². The van der Waals surface area contributed by atoms with Crippen LogP contribution in [0.1, 0.15) is 36.4 Å². The van der Waals surface area contributed by atoms with Gasteiger partial charge in [0.25, 0.3) is 0 Å². The molecule has 1 aliphatic rings. The van der Waals surface area contributed by atoms with Gasteiger partial charge in [0.05, 0.1) is 6.42 Å². The molecule has 0 spiro atoms. The van der Waals surface area contributed by atoms with Gasteiger partial charge >= 0.3 is 12.1 Å². The van der Waals surface area contributed by atoms with E-state index in [1.54, 1.807) is 0 Å². The van der Waals surface area contributed by atoms with Gasteiger partial charge in [-0.15, -0.1) is 11.3 Å². The largest absolute Gasteiger partial charge is 0.481 e. The third kappa shape index (κ3) is 4.49. The van der Waals surface area contributed by atoms with Gasteiger partial charge in [0.1, 0.15) is 5.01 Å². The van der Waals surface area contributed by atoms with Gasteiger partial charge in [-0.2, -0.15) is 13.2 Å². The zero-order chi connectivity index (χ0) is 18.8. The first-order valence-corrected chi connectivity index (χ1v) is 8.62. The molecule has 6 nitrogen and oxygen atoms in total. The molecule has 1 aliphatic heterocycles. The van der Waals surface area contributed by atoms with E-state index in [0.29, 0.717) is 29.9 Å². The van der Waals surface area contributed by atoms with Crippen LogP contribution in [-0.4, -0.2) is 51.2 Å². The Morgan fingerprint density at radius 2 is 1.96 bits per heavy atom. The summed E-state index contributed by atoms with van der Waals surface area (Å²) in [5.74, 6) is -1.85. The maximum Gasteiger partial charge on any atom is 0.424 e. The minimum absolute atomic E-state index is 0.0209. The molecule has 2 N–H and O–H groups in total. The highest BCUT2D eigenvalue weighted by Gasteiger charge is 2.58. The standard InChI is InChI=1S/C15H19F3N2O4S/c1-9-8-25-13(19-9)14(24,15(16,17)18)7-11(21)20-4-2-10(3-5-20)6-12(22)23/h8,10,24H,2-7H2,1H3,(H,22,23). The molecule has 1 unspecified atom stereocenters. The number of hydrogen-bond donors (Lipinski definition) is 2. The van der Waals surface area contributed by atoms with Crippen LogP contribution >= 0.6 is 11.3 Å². The number of thiazole rings is 1. The number of amides is 1. The quantitative estimate of drug-likeness (QED) is 0.818. The Kier molecular flexibility index (Phi) is 5.72. The summed E-state index contributed by atoms with van der Waals surface area (Å²) in [5, 5.41) is 19.8. The van der Waals surface area contributed by atoms with Gasteiger partial charge in [-0.3, -0.25) is 9.59 Å². The Balaban J connectivity index is 2.07. The van der Waals surface area contributed by atoms with Crippen molar-refractivity contribution < 1.29 is 33.0 Å². The second-order valence-corrected chi connectivity index (χ2v) is 7.11. The maximum atomic E-state index is 13.4. The van der Waals surface area contributed by atoms with Crippen molar-refractivity contribution in [2.24, 2.45) is 5.92 Å². The average Bonchev–Trinajstić information content (AvgIpc) is 2.93. The van der Waals surface area contributed by atoms with Crippen LogP contribution in [-0.2, 0) is 15.2 Å². The molecule has 0 radical (unpaired) electrons. The minimum Gasteiger partial charge on any atom is -0.481 e. The number of halogens is 3. The van der Waals surface area contributed by atoms with Gasteiger partial charge in [-0.1, -0.05) is 0 Å². The summed E-state index contributed by atoms with van der Waals surface area (Å²) in [5.41, 5.74) is -2.98. The first-order chi connectivity index (χ1) is 11.5. The Morgan fingerprint density at radius 3 is 2.40 bits per heavy atom. The first-order valence-electron chi connectivity index (χ1n) is 7.74. The number of aliphatic carboxylic acids is 1. The Hall–Kier alpha value is -1.68. The third-order valence-corrected chi connectivity index (χ3v) is 5.39. The third-order valence-electron chi connectivity index (χ3n) is 4.28. The molecule has 25 heavy (non-hydrogen) atoms. The lowest BCUT2D eigenvalue weighted by atomic mass is 9.92. The number of piperidine rings is 1. The summed E-state index contributed by atoms with van der Waals surface area (Å²) in [6.45, 7) is 1.87. The number of alkyl halides is 3. The summed E-state index contributed by atoms with van der Waals surface area (Å²) >= 11 is 0.662. The molecule has 1 fully saturated rings. The minimum atomic E-state index is -5.03. The molecule has 0 saturated carbocycles. The average molecular weight is 380 g/mol. The van der Waals surface area contributed by atoms with Crippen molar-refractivity contribution in [3.05, 3.63) is 16.1 Å². The van der Waals surface area contributed by atoms with Crippen LogP contribution in [0.5, 0.6) is 0 Å². The molecule has 1 aromatic heterocycles. The van der Waals surface area contributed by atoms with Crippen LogP contribution in [0.2, 0.25) is 0 Å². The number of aliphatic hydroxyl groups is 1. The van der Waals surface area contributed by atoms with E-state index in [4.69, 9.17) is 5.11 Å². The van der Waals surface area contributed by atoms with E-state index in [9.17, 15) is 27.9 Å². The molecule has 10 heteroatoms. The monoisotopic (exact) mass is 380 g/mol. The van der Waals surface area contributed by atoms with Crippen LogP contribution in [0.4, 0.5) is 13.2 Å². The number of nitrogens with zero attached hydrogens (tertiary/aromatic N) is 2. The van der Waals surface area contributed by atoms with Gasteiger partial charge in [-0.25, -0.2) is 4.98 Å². The van der Waals surface area contributed by atoms with Crippen LogP contribution in [0.25, 0.3) is 0 Å². The summed E-state index contributed by atoms with van der Waals surface area (Å²) in [6, 6.07) is 0. The van der Waals surface area contributed by atoms with Crippen LogP contribution in [0, 0.1) is 12.8 Å². The number of aryl methyl sites for hydroxylation is 1. The molecule has 1 atom stereocenters. The summed E-state index contributed by atoms with van der Waals surface area (Å²) in [4.78, 5) is 27.9.